The van der Waals surface area contributed by atoms with E-state index in [2.05, 4.69) is 10.1 Å². The number of halogens is 1. The van der Waals surface area contributed by atoms with E-state index in [9.17, 15) is 5.11 Å². The number of nitrogens with zero attached hydrogens (tertiary/aromatic N) is 5. The molecule has 6 nitrogen and oxygen atoms in total. The second kappa shape index (κ2) is 6.07. The summed E-state index contributed by atoms with van der Waals surface area (Å²) < 4.78 is 3.69. The molecule has 0 bridgehead atoms. The zero-order valence-corrected chi connectivity index (χ0v) is 16.0. The Bertz CT molecular complexity index is 1370. The van der Waals surface area contributed by atoms with Gasteiger partial charge in [-0.3, -0.25) is 4.57 Å². The summed E-state index contributed by atoms with van der Waals surface area (Å²) in [4.78, 5) is 9.35. The van der Waals surface area contributed by atoms with Gasteiger partial charge in [-0.2, -0.15) is 0 Å². The van der Waals surface area contributed by atoms with E-state index >= 15 is 0 Å². The monoisotopic (exact) mass is 389 g/mol. The van der Waals surface area contributed by atoms with E-state index in [0.717, 1.165) is 28.0 Å². The zero-order chi connectivity index (χ0) is 19.4. The van der Waals surface area contributed by atoms with Crippen molar-refractivity contribution in [2.45, 2.75) is 13.8 Å². The molecule has 0 aliphatic rings. The van der Waals surface area contributed by atoms with Crippen LogP contribution in [0.4, 0.5) is 0 Å². The summed E-state index contributed by atoms with van der Waals surface area (Å²) in [6, 6.07) is 14.7. The first-order valence-electron chi connectivity index (χ1n) is 8.82. The van der Waals surface area contributed by atoms with Crippen LogP contribution in [0.3, 0.4) is 0 Å². The molecular weight excluding hydrogens is 374 g/mol. The minimum atomic E-state index is 0.143. The van der Waals surface area contributed by atoms with Crippen LogP contribution in [-0.4, -0.2) is 29.3 Å². The van der Waals surface area contributed by atoms with Crippen LogP contribution in [0.2, 0.25) is 5.02 Å². The van der Waals surface area contributed by atoms with Crippen LogP contribution in [-0.2, 0) is 0 Å². The lowest BCUT2D eigenvalue weighted by Gasteiger charge is -2.09. The van der Waals surface area contributed by atoms with Gasteiger partial charge >= 0.3 is 0 Å². The van der Waals surface area contributed by atoms with Crippen molar-refractivity contribution in [1.82, 2.24) is 24.1 Å². The Morgan fingerprint density at radius 2 is 1.71 bits per heavy atom. The maximum absolute atomic E-state index is 10.2. The fourth-order valence-corrected chi connectivity index (χ4v) is 3.79. The summed E-state index contributed by atoms with van der Waals surface area (Å²) >= 11 is 6.45. The Balaban J connectivity index is 1.84. The second-order valence-corrected chi connectivity index (χ2v) is 7.07. The summed E-state index contributed by atoms with van der Waals surface area (Å²) in [5, 5.41) is 16.2. The molecule has 1 N–H and O–H groups in total. The van der Waals surface area contributed by atoms with E-state index in [1.54, 1.807) is 29.0 Å². The molecule has 138 valence electrons. The molecular formula is C21H16ClN5O. The summed E-state index contributed by atoms with van der Waals surface area (Å²) in [6.07, 6.45) is 1.64. The molecule has 0 saturated heterocycles. The molecule has 28 heavy (non-hydrogen) atoms. The Morgan fingerprint density at radius 1 is 0.964 bits per heavy atom. The molecule has 0 fully saturated rings. The van der Waals surface area contributed by atoms with Crippen molar-refractivity contribution >= 4 is 28.3 Å². The molecule has 0 spiro atoms. The van der Waals surface area contributed by atoms with Crippen LogP contribution >= 0.6 is 11.6 Å². The molecule has 3 aromatic heterocycles. The largest absolute Gasteiger partial charge is 0.507 e. The molecule has 0 aliphatic carbocycles. The summed E-state index contributed by atoms with van der Waals surface area (Å²) in [6.45, 7) is 4.08. The van der Waals surface area contributed by atoms with E-state index in [-0.39, 0.29) is 5.75 Å². The fourth-order valence-electron chi connectivity index (χ4n) is 3.57. The summed E-state index contributed by atoms with van der Waals surface area (Å²) in [7, 11) is 0. The molecule has 2 aromatic carbocycles. The molecule has 0 saturated carbocycles. The lowest BCUT2D eigenvalue weighted by molar-refractivity contribution is 0.477. The van der Waals surface area contributed by atoms with E-state index in [4.69, 9.17) is 16.6 Å². The van der Waals surface area contributed by atoms with Crippen molar-refractivity contribution in [2.24, 2.45) is 0 Å². The van der Waals surface area contributed by atoms with Crippen LogP contribution in [0.1, 0.15) is 11.3 Å². The van der Waals surface area contributed by atoms with Gasteiger partial charge in [0.2, 0.25) is 0 Å². The van der Waals surface area contributed by atoms with E-state index in [1.807, 2.05) is 48.7 Å². The van der Waals surface area contributed by atoms with Gasteiger partial charge in [0, 0.05) is 5.69 Å². The minimum Gasteiger partial charge on any atom is -0.507 e. The molecule has 3 heterocycles. The average Bonchev–Trinajstić information content (AvgIpc) is 3.22. The maximum atomic E-state index is 10.2. The molecule has 0 atom stereocenters. The SMILES string of the molecule is Cc1c(C)n(-c2ccccc2Cl)c2ncn3nc(-c4ccccc4O)nc3c12. The first kappa shape index (κ1) is 16.8. The normalized spacial score (nSPS) is 11.5. The van der Waals surface area contributed by atoms with E-state index < -0.39 is 0 Å². The zero-order valence-electron chi connectivity index (χ0n) is 15.3. The van der Waals surface area contributed by atoms with Gasteiger partial charge in [0.25, 0.3) is 0 Å². The molecule has 0 unspecified atom stereocenters. The summed E-state index contributed by atoms with van der Waals surface area (Å²) in [5.41, 5.74) is 5.01. The standard InChI is InChI=1S/C21H16ClN5O/c1-12-13(2)27(16-9-5-4-8-15(16)22)20-18(12)21-24-19(25-26(21)11-23-20)14-7-3-6-10-17(14)28/h3-11,28H,1-2H3. The molecule has 7 heteroatoms. The van der Waals surface area contributed by atoms with Gasteiger partial charge < -0.3 is 5.11 Å². The summed E-state index contributed by atoms with van der Waals surface area (Å²) in [5.74, 6) is 0.596. The number of benzene rings is 2. The Morgan fingerprint density at radius 3 is 2.50 bits per heavy atom. The van der Waals surface area contributed by atoms with Gasteiger partial charge in [0.15, 0.2) is 17.1 Å². The van der Waals surface area contributed by atoms with Gasteiger partial charge in [-0.25, -0.2) is 14.5 Å². The van der Waals surface area contributed by atoms with Crippen LogP contribution < -0.4 is 0 Å². The first-order valence-corrected chi connectivity index (χ1v) is 9.20. The van der Waals surface area contributed by atoms with Crippen molar-refractivity contribution in [2.75, 3.05) is 0 Å². The Kier molecular flexibility index (Phi) is 3.64. The lowest BCUT2D eigenvalue weighted by atomic mass is 10.2. The molecule has 0 amide bonds. The number of para-hydroxylation sites is 2. The van der Waals surface area contributed by atoms with Gasteiger partial charge in [-0.15, -0.1) is 5.10 Å². The van der Waals surface area contributed by atoms with Crippen molar-refractivity contribution in [3.05, 3.63) is 71.1 Å². The minimum absolute atomic E-state index is 0.143. The maximum Gasteiger partial charge on any atom is 0.185 e. The number of phenols is 1. The Labute approximate surface area is 165 Å². The third-order valence-electron chi connectivity index (χ3n) is 5.07. The number of hydrogen-bond donors (Lipinski definition) is 1. The van der Waals surface area contributed by atoms with Crippen molar-refractivity contribution < 1.29 is 5.11 Å². The molecule has 5 rings (SSSR count). The van der Waals surface area contributed by atoms with Crippen LogP contribution in [0.5, 0.6) is 5.75 Å². The third kappa shape index (κ3) is 2.31. The number of aromatic hydroxyl groups is 1. The number of phenolic OH excluding ortho intramolecular Hbond substituents is 1. The van der Waals surface area contributed by atoms with Gasteiger partial charge in [-0.1, -0.05) is 35.9 Å². The highest BCUT2D eigenvalue weighted by molar-refractivity contribution is 6.32. The first-order chi connectivity index (χ1) is 13.6. The van der Waals surface area contributed by atoms with Gasteiger partial charge in [0.1, 0.15) is 12.1 Å². The van der Waals surface area contributed by atoms with Crippen molar-refractivity contribution in [3.8, 4) is 22.8 Å². The number of rotatable bonds is 2. The van der Waals surface area contributed by atoms with E-state index in [0.29, 0.717) is 22.1 Å². The predicted molar refractivity (Wildman–Crippen MR) is 109 cm³/mol. The second-order valence-electron chi connectivity index (χ2n) is 6.66. The average molecular weight is 390 g/mol. The van der Waals surface area contributed by atoms with Crippen LogP contribution in [0, 0.1) is 13.8 Å². The lowest BCUT2D eigenvalue weighted by Crippen LogP contribution is -2.00. The van der Waals surface area contributed by atoms with Crippen molar-refractivity contribution in [3.63, 3.8) is 0 Å². The highest BCUT2D eigenvalue weighted by Crippen LogP contribution is 2.33. The molecule has 5 aromatic rings. The van der Waals surface area contributed by atoms with E-state index in [1.165, 1.54) is 0 Å². The van der Waals surface area contributed by atoms with Gasteiger partial charge in [-0.05, 0) is 43.7 Å². The Hall–Kier alpha value is -3.38. The third-order valence-corrected chi connectivity index (χ3v) is 5.39. The quantitative estimate of drug-likeness (QED) is 0.474. The highest BCUT2D eigenvalue weighted by Gasteiger charge is 2.20. The van der Waals surface area contributed by atoms with Crippen molar-refractivity contribution in [1.29, 1.82) is 0 Å². The topological polar surface area (TPSA) is 68.2 Å². The number of aryl methyl sites for hydroxylation is 1. The molecule has 0 aliphatic heterocycles. The number of hydrogen-bond acceptors (Lipinski definition) is 4. The highest BCUT2D eigenvalue weighted by atomic mass is 35.5. The molecule has 0 radical (unpaired) electrons. The number of aromatic nitrogens is 5. The van der Waals surface area contributed by atoms with Crippen LogP contribution in [0.15, 0.2) is 54.9 Å². The smallest absolute Gasteiger partial charge is 0.185 e. The van der Waals surface area contributed by atoms with Crippen LogP contribution in [0.25, 0.3) is 33.8 Å². The number of fused-ring (bicyclic) bond motifs is 3. The fraction of sp³-hybridized carbons (Fsp3) is 0.0952. The van der Waals surface area contributed by atoms with Gasteiger partial charge in [0.05, 0.1) is 21.7 Å². The predicted octanol–water partition coefficient (Wildman–Crippen LogP) is 4.71.